The van der Waals surface area contributed by atoms with Crippen LogP contribution in [-0.4, -0.2) is 24.2 Å². The van der Waals surface area contributed by atoms with Gasteiger partial charge in [0, 0.05) is 0 Å². The van der Waals surface area contributed by atoms with Crippen LogP contribution in [0.1, 0.15) is 36.8 Å². The third-order valence-corrected chi connectivity index (χ3v) is 5.55. The Balaban J connectivity index is 1.54. The third-order valence-electron chi connectivity index (χ3n) is 5.55. The van der Waals surface area contributed by atoms with Gasteiger partial charge in [-0.2, -0.15) is 0 Å². The molecule has 0 atom stereocenters. The van der Waals surface area contributed by atoms with E-state index in [1.807, 2.05) is 31.2 Å². The first-order valence-electron chi connectivity index (χ1n) is 9.76. The van der Waals surface area contributed by atoms with Crippen LogP contribution in [0.25, 0.3) is 0 Å². The van der Waals surface area contributed by atoms with Gasteiger partial charge in [-0.15, -0.1) is 0 Å². The molecule has 1 fully saturated rings. The minimum Gasteiger partial charge on any atom is -0.340 e. The van der Waals surface area contributed by atoms with Crippen molar-refractivity contribution in [2.24, 2.45) is 4.99 Å². The molecule has 4 rings (SSSR count). The van der Waals surface area contributed by atoms with E-state index >= 15 is 0 Å². The zero-order valence-electron chi connectivity index (χ0n) is 16.2. The molecule has 1 saturated carbocycles. The smallest absolute Gasteiger partial charge is 0.288 e. The topological polar surface area (TPSA) is 73.8 Å². The Morgan fingerprint density at radius 2 is 1.76 bits per heavy atom. The van der Waals surface area contributed by atoms with E-state index in [-0.39, 0.29) is 30.0 Å². The Hall–Kier alpha value is -3.22. The van der Waals surface area contributed by atoms with Crippen LogP contribution in [0.3, 0.4) is 0 Å². The van der Waals surface area contributed by atoms with Crippen molar-refractivity contribution in [3.8, 4) is 0 Å². The molecular formula is C22H23FN4O2. The van der Waals surface area contributed by atoms with Gasteiger partial charge in [0.15, 0.2) is 0 Å². The summed E-state index contributed by atoms with van der Waals surface area (Å²) in [5, 5.41) is 4.45. The van der Waals surface area contributed by atoms with Crippen LogP contribution < -0.4 is 15.8 Å². The Labute approximate surface area is 168 Å². The van der Waals surface area contributed by atoms with Gasteiger partial charge in [0.2, 0.25) is 5.84 Å². The van der Waals surface area contributed by atoms with E-state index < -0.39 is 5.54 Å². The monoisotopic (exact) mass is 394 g/mol. The van der Waals surface area contributed by atoms with E-state index in [0.29, 0.717) is 5.69 Å². The molecule has 2 aliphatic rings. The van der Waals surface area contributed by atoms with Crippen LogP contribution in [0.4, 0.5) is 10.1 Å². The minimum atomic E-state index is -0.550. The number of benzene rings is 2. The van der Waals surface area contributed by atoms with E-state index in [1.54, 1.807) is 12.1 Å². The normalized spacial score (nSPS) is 18.2. The molecular weight excluding hydrogens is 371 g/mol. The average molecular weight is 394 g/mol. The van der Waals surface area contributed by atoms with Crippen molar-refractivity contribution in [3.63, 3.8) is 0 Å². The fraction of sp³-hybridized carbons (Fsp3) is 0.318. The van der Waals surface area contributed by atoms with Crippen LogP contribution in [0.2, 0.25) is 0 Å². The molecule has 2 amide bonds. The van der Waals surface area contributed by atoms with Gasteiger partial charge in [-0.1, -0.05) is 42.7 Å². The van der Waals surface area contributed by atoms with Crippen LogP contribution in [0.5, 0.6) is 0 Å². The Kier molecular flexibility index (Phi) is 5.05. The number of aryl methyl sites for hydroxylation is 1. The van der Waals surface area contributed by atoms with Gasteiger partial charge in [-0.25, -0.2) is 9.40 Å². The van der Waals surface area contributed by atoms with E-state index in [0.717, 1.165) is 36.8 Å². The molecule has 2 N–H and O–H groups in total. The Morgan fingerprint density at radius 1 is 1.10 bits per heavy atom. The number of anilines is 1. The number of hydrazine groups is 1. The number of hydrogen-bond donors (Lipinski definition) is 2. The summed E-state index contributed by atoms with van der Waals surface area (Å²) in [5.41, 5.74) is 4.91. The number of amides is 2. The Morgan fingerprint density at radius 3 is 2.41 bits per heavy atom. The van der Waals surface area contributed by atoms with Gasteiger partial charge < -0.3 is 5.32 Å². The molecule has 0 aromatic heterocycles. The number of halogens is 1. The first-order valence-corrected chi connectivity index (χ1v) is 9.76. The molecule has 1 heterocycles. The van der Waals surface area contributed by atoms with Gasteiger partial charge in [-0.05, 0) is 49.6 Å². The molecule has 7 heteroatoms. The van der Waals surface area contributed by atoms with Crippen molar-refractivity contribution in [2.45, 2.75) is 38.1 Å². The van der Waals surface area contributed by atoms with Crippen LogP contribution in [0.15, 0.2) is 53.5 Å². The van der Waals surface area contributed by atoms with E-state index in [9.17, 15) is 14.0 Å². The largest absolute Gasteiger partial charge is 0.340 e. The molecule has 29 heavy (non-hydrogen) atoms. The van der Waals surface area contributed by atoms with Gasteiger partial charge >= 0.3 is 0 Å². The zero-order chi connectivity index (χ0) is 20.4. The van der Waals surface area contributed by atoms with Crippen LogP contribution in [-0.2, 0) is 15.1 Å². The van der Waals surface area contributed by atoms with E-state index in [1.165, 1.54) is 17.1 Å². The summed E-state index contributed by atoms with van der Waals surface area (Å²) in [6.07, 6.45) is 3.51. The van der Waals surface area contributed by atoms with Gasteiger partial charge in [0.1, 0.15) is 12.4 Å². The maximum absolute atomic E-state index is 13.4. The lowest BCUT2D eigenvalue weighted by molar-refractivity contribution is -0.118. The molecule has 1 aliphatic carbocycles. The second-order valence-corrected chi connectivity index (χ2v) is 7.59. The summed E-state index contributed by atoms with van der Waals surface area (Å²) >= 11 is 0. The predicted octanol–water partition coefficient (Wildman–Crippen LogP) is 2.97. The van der Waals surface area contributed by atoms with Crippen molar-refractivity contribution in [1.82, 2.24) is 10.7 Å². The predicted molar refractivity (Wildman–Crippen MR) is 109 cm³/mol. The number of amidine groups is 1. The number of rotatable bonds is 4. The maximum Gasteiger partial charge on any atom is 0.288 e. The SMILES string of the molecule is Cc1ccc(N2NC(C(=O)NC3(c4ccc(F)cc4)CCCC3)=NCC2=O)cc1. The molecule has 2 aromatic rings. The molecule has 0 spiro atoms. The number of carbonyl (C=O) groups excluding carboxylic acids is 2. The third kappa shape index (κ3) is 3.85. The number of nitrogens with zero attached hydrogens (tertiary/aromatic N) is 2. The maximum atomic E-state index is 13.4. The lowest BCUT2D eigenvalue weighted by Crippen LogP contribution is -2.58. The molecule has 0 saturated heterocycles. The molecule has 0 radical (unpaired) electrons. The molecule has 0 bridgehead atoms. The highest BCUT2D eigenvalue weighted by molar-refractivity contribution is 6.39. The molecule has 6 nitrogen and oxygen atoms in total. The molecule has 1 aliphatic heterocycles. The van der Waals surface area contributed by atoms with Gasteiger partial charge in [0.25, 0.3) is 11.8 Å². The summed E-state index contributed by atoms with van der Waals surface area (Å²) in [4.78, 5) is 29.4. The summed E-state index contributed by atoms with van der Waals surface area (Å²) < 4.78 is 13.4. The van der Waals surface area contributed by atoms with Crippen molar-refractivity contribution in [3.05, 3.63) is 65.5 Å². The molecule has 2 aromatic carbocycles. The lowest BCUT2D eigenvalue weighted by atomic mass is 9.88. The summed E-state index contributed by atoms with van der Waals surface area (Å²) in [6.45, 7) is 1.86. The highest BCUT2D eigenvalue weighted by Crippen LogP contribution is 2.38. The van der Waals surface area contributed by atoms with Crippen LogP contribution >= 0.6 is 0 Å². The van der Waals surface area contributed by atoms with Crippen molar-refractivity contribution < 1.29 is 14.0 Å². The average Bonchev–Trinajstić information content (AvgIpc) is 3.19. The number of nitrogens with one attached hydrogen (secondary N) is 2. The lowest BCUT2D eigenvalue weighted by Gasteiger charge is -2.33. The summed E-state index contributed by atoms with van der Waals surface area (Å²) in [6, 6.07) is 13.7. The fourth-order valence-electron chi connectivity index (χ4n) is 3.96. The van der Waals surface area contributed by atoms with Gasteiger partial charge in [0.05, 0.1) is 11.2 Å². The first-order chi connectivity index (χ1) is 14.0. The molecule has 150 valence electrons. The number of carbonyl (C=O) groups is 2. The van der Waals surface area contributed by atoms with Crippen LogP contribution in [0, 0.1) is 12.7 Å². The van der Waals surface area contributed by atoms with Gasteiger partial charge in [-0.3, -0.25) is 20.0 Å². The molecule has 0 unspecified atom stereocenters. The second kappa shape index (κ2) is 7.66. The van der Waals surface area contributed by atoms with Crippen molar-refractivity contribution in [2.75, 3.05) is 11.6 Å². The zero-order valence-corrected chi connectivity index (χ0v) is 16.2. The fourth-order valence-corrected chi connectivity index (χ4v) is 3.96. The summed E-state index contributed by atoms with van der Waals surface area (Å²) in [5.74, 6) is -0.822. The first kappa shape index (κ1) is 19.1. The highest BCUT2D eigenvalue weighted by Gasteiger charge is 2.38. The highest BCUT2D eigenvalue weighted by atomic mass is 19.1. The number of hydrogen-bond acceptors (Lipinski definition) is 4. The standard InChI is InChI=1S/C22H23FN4O2/c1-15-4-10-18(11-5-15)27-19(28)14-24-20(26-27)21(29)25-22(12-2-3-13-22)16-6-8-17(23)9-7-16/h4-11H,2-3,12-14H2,1H3,(H,24,26)(H,25,29). The number of aliphatic imine (C=N–C) groups is 1. The minimum absolute atomic E-state index is 0.0959. The second-order valence-electron chi connectivity index (χ2n) is 7.59. The van der Waals surface area contributed by atoms with E-state index in [4.69, 9.17) is 0 Å². The van der Waals surface area contributed by atoms with E-state index in [2.05, 4.69) is 15.7 Å². The summed E-state index contributed by atoms with van der Waals surface area (Å²) in [7, 11) is 0. The Bertz CT molecular complexity index is 948. The van der Waals surface area contributed by atoms with Crippen molar-refractivity contribution in [1.29, 1.82) is 0 Å². The van der Waals surface area contributed by atoms with Crippen molar-refractivity contribution >= 4 is 23.3 Å². The quantitative estimate of drug-likeness (QED) is 0.837.